The molecule has 6 nitrogen and oxygen atoms in total. The second-order valence-corrected chi connectivity index (χ2v) is 6.52. The first-order valence-electron chi connectivity index (χ1n) is 6.93. The Balaban J connectivity index is 2.39. The number of hydrogen-bond acceptors (Lipinski definition) is 3. The minimum atomic E-state index is -1.03. The maximum absolute atomic E-state index is 11.8. The van der Waals surface area contributed by atoms with Gasteiger partial charge in [-0.3, -0.25) is 9.80 Å². The highest BCUT2D eigenvalue weighted by atomic mass is 35.5. The van der Waals surface area contributed by atoms with Gasteiger partial charge in [0.05, 0.1) is 18.8 Å². The van der Waals surface area contributed by atoms with Crippen LogP contribution in [0.4, 0.5) is 15.3 Å². The average molecular weight is 327 g/mol. The van der Waals surface area contributed by atoms with E-state index in [0.29, 0.717) is 29.4 Å². The monoisotopic (exact) mass is 326 g/mol. The Kier molecular flexibility index (Phi) is 4.51. The summed E-state index contributed by atoms with van der Waals surface area (Å²) in [5.41, 5.74) is 0.725. The summed E-state index contributed by atoms with van der Waals surface area (Å²) in [5, 5.41) is 9.93. The molecule has 1 saturated heterocycles. The summed E-state index contributed by atoms with van der Waals surface area (Å²) in [6.07, 6.45) is -1.45. The van der Waals surface area contributed by atoms with E-state index in [-0.39, 0.29) is 6.54 Å². The van der Waals surface area contributed by atoms with E-state index in [2.05, 4.69) is 0 Å². The molecule has 0 unspecified atom stereocenters. The van der Waals surface area contributed by atoms with Gasteiger partial charge < -0.3 is 9.84 Å². The van der Waals surface area contributed by atoms with Crippen LogP contribution >= 0.6 is 11.6 Å². The Labute approximate surface area is 134 Å². The van der Waals surface area contributed by atoms with E-state index in [4.69, 9.17) is 16.3 Å². The molecular formula is C15H19ClN2O4. The highest BCUT2D eigenvalue weighted by Gasteiger charge is 2.30. The van der Waals surface area contributed by atoms with Crippen molar-refractivity contribution in [2.45, 2.75) is 32.9 Å². The number of ether oxygens (including phenoxy) is 1. The van der Waals surface area contributed by atoms with Gasteiger partial charge in [-0.25, -0.2) is 9.59 Å². The molecule has 1 fully saturated rings. The van der Waals surface area contributed by atoms with Crippen molar-refractivity contribution in [2.75, 3.05) is 18.1 Å². The van der Waals surface area contributed by atoms with Crippen molar-refractivity contribution in [3.05, 3.63) is 28.8 Å². The number of carboxylic acid groups (broad SMARTS) is 1. The van der Waals surface area contributed by atoms with Crippen molar-refractivity contribution in [3.8, 4) is 0 Å². The SMILES string of the molecule is CC(C)(C)N(Cc1cc(Cl)ccc1N1CCOC1=O)C(=O)O. The predicted octanol–water partition coefficient (Wildman–Crippen LogP) is 3.58. The van der Waals surface area contributed by atoms with Crippen LogP contribution < -0.4 is 4.90 Å². The number of carbonyl (C=O) groups excluding carboxylic acids is 1. The van der Waals surface area contributed by atoms with Crippen LogP contribution in [-0.4, -0.2) is 40.9 Å². The molecule has 0 atom stereocenters. The molecule has 22 heavy (non-hydrogen) atoms. The van der Waals surface area contributed by atoms with Crippen molar-refractivity contribution < 1.29 is 19.4 Å². The Morgan fingerprint density at radius 1 is 1.45 bits per heavy atom. The lowest BCUT2D eigenvalue weighted by Crippen LogP contribution is -2.44. The van der Waals surface area contributed by atoms with Crippen molar-refractivity contribution in [2.24, 2.45) is 0 Å². The van der Waals surface area contributed by atoms with Gasteiger partial charge in [0.25, 0.3) is 0 Å². The van der Waals surface area contributed by atoms with Crippen molar-refractivity contribution in [1.82, 2.24) is 4.90 Å². The molecule has 0 saturated carbocycles. The lowest BCUT2D eigenvalue weighted by atomic mass is 10.0. The number of nitrogens with zero attached hydrogens (tertiary/aromatic N) is 2. The van der Waals surface area contributed by atoms with E-state index < -0.39 is 17.7 Å². The van der Waals surface area contributed by atoms with Crippen LogP contribution in [0.2, 0.25) is 5.02 Å². The van der Waals surface area contributed by atoms with E-state index >= 15 is 0 Å². The third kappa shape index (κ3) is 3.44. The molecule has 1 aliphatic rings. The van der Waals surface area contributed by atoms with Crippen LogP contribution in [0.15, 0.2) is 18.2 Å². The molecule has 1 heterocycles. The van der Waals surface area contributed by atoms with Crippen molar-refractivity contribution in [1.29, 1.82) is 0 Å². The summed E-state index contributed by atoms with van der Waals surface area (Å²) in [6, 6.07) is 5.07. The molecule has 2 rings (SSSR count). The van der Waals surface area contributed by atoms with Gasteiger partial charge in [-0.2, -0.15) is 0 Å². The largest absolute Gasteiger partial charge is 0.465 e. The zero-order chi connectivity index (χ0) is 16.5. The highest BCUT2D eigenvalue weighted by molar-refractivity contribution is 6.30. The number of anilines is 1. The fraction of sp³-hybridized carbons (Fsp3) is 0.467. The minimum Gasteiger partial charge on any atom is -0.465 e. The third-order valence-electron chi connectivity index (χ3n) is 3.46. The predicted molar refractivity (Wildman–Crippen MR) is 83.5 cm³/mol. The van der Waals surface area contributed by atoms with Gasteiger partial charge in [-0.1, -0.05) is 11.6 Å². The fourth-order valence-electron chi connectivity index (χ4n) is 2.32. The zero-order valence-corrected chi connectivity index (χ0v) is 13.6. The molecule has 0 aromatic heterocycles. The number of halogens is 1. The quantitative estimate of drug-likeness (QED) is 0.921. The summed E-state index contributed by atoms with van der Waals surface area (Å²) >= 11 is 6.04. The lowest BCUT2D eigenvalue weighted by Gasteiger charge is -2.34. The Hall–Kier alpha value is -1.95. The number of rotatable bonds is 3. The van der Waals surface area contributed by atoms with Gasteiger partial charge in [0.15, 0.2) is 0 Å². The topological polar surface area (TPSA) is 70.1 Å². The Bertz CT molecular complexity index is 598. The van der Waals surface area contributed by atoms with Gasteiger partial charge in [-0.05, 0) is 44.5 Å². The highest BCUT2D eigenvalue weighted by Crippen LogP contribution is 2.29. The summed E-state index contributed by atoms with van der Waals surface area (Å²) in [7, 11) is 0. The molecule has 0 aliphatic carbocycles. The van der Waals surface area contributed by atoms with Crippen LogP contribution in [0.5, 0.6) is 0 Å². The van der Waals surface area contributed by atoms with E-state index in [0.717, 1.165) is 0 Å². The standard InChI is InChI=1S/C15H19ClN2O4/c1-15(2,3)18(13(19)20)9-10-8-11(16)4-5-12(10)17-6-7-22-14(17)21/h4-5,8H,6-7,9H2,1-3H3,(H,19,20). The summed E-state index contributed by atoms with van der Waals surface area (Å²) in [5.74, 6) is 0. The van der Waals surface area contributed by atoms with Crippen LogP contribution in [0.3, 0.4) is 0 Å². The molecular weight excluding hydrogens is 308 g/mol. The molecule has 1 aliphatic heterocycles. The maximum atomic E-state index is 11.8. The van der Waals surface area contributed by atoms with Gasteiger partial charge in [0.2, 0.25) is 0 Å². The molecule has 0 bridgehead atoms. The van der Waals surface area contributed by atoms with Gasteiger partial charge in [0, 0.05) is 10.6 Å². The van der Waals surface area contributed by atoms with Gasteiger partial charge in [0.1, 0.15) is 6.61 Å². The minimum absolute atomic E-state index is 0.137. The average Bonchev–Trinajstić information content (AvgIpc) is 2.80. The molecule has 1 aromatic rings. The summed E-state index contributed by atoms with van der Waals surface area (Å²) < 4.78 is 4.95. The first-order valence-corrected chi connectivity index (χ1v) is 7.31. The van der Waals surface area contributed by atoms with Gasteiger partial charge >= 0.3 is 12.2 Å². The smallest absolute Gasteiger partial charge is 0.414 e. The van der Waals surface area contributed by atoms with Crippen LogP contribution in [0.1, 0.15) is 26.3 Å². The maximum Gasteiger partial charge on any atom is 0.414 e. The molecule has 2 amide bonds. The Morgan fingerprint density at radius 2 is 2.14 bits per heavy atom. The fourth-order valence-corrected chi connectivity index (χ4v) is 2.51. The second kappa shape index (κ2) is 6.04. The summed E-state index contributed by atoms with van der Waals surface area (Å²) in [4.78, 5) is 26.1. The molecule has 1 aromatic carbocycles. The summed E-state index contributed by atoms with van der Waals surface area (Å²) in [6.45, 7) is 6.34. The van der Waals surface area contributed by atoms with Gasteiger partial charge in [-0.15, -0.1) is 0 Å². The third-order valence-corrected chi connectivity index (χ3v) is 3.70. The number of benzene rings is 1. The number of hydrogen-bond donors (Lipinski definition) is 1. The molecule has 0 spiro atoms. The second-order valence-electron chi connectivity index (χ2n) is 6.08. The van der Waals surface area contributed by atoms with Crippen molar-refractivity contribution >= 4 is 29.5 Å². The first-order chi connectivity index (χ1) is 10.2. The van der Waals surface area contributed by atoms with Crippen molar-refractivity contribution in [3.63, 3.8) is 0 Å². The molecule has 7 heteroatoms. The number of cyclic esters (lactones) is 1. The van der Waals surface area contributed by atoms with E-state index in [1.54, 1.807) is 18.2 Å². The zero-order valence-electron chi connectivity index (χ0n) is 12.8. The Morgan fingerprint density at radius 3 is 2.64 bits per heavy atom. The number of carbonyl (C=O) groups is 2. The van der Waals surface area contributed by atoms with E-state index in [9.17, 15) is 14.7 Å². The number of amides is 2. The molecule has 120 valence electrons. The molecule has 1 N–H and O–H groups in total. The van der Waals surface area contributed by atoms with E-state index in [1.165, 1.54) is 9.80 Å². The van der Waals surface area contributed by atoms with Crippen LogP contribution in [0.25, 0.3) is 0 Å². The molecule has 0 radical (unpaired) electrons. The van der Waals surface area contributed by atoms with E-state index in [1.807, 2.05) is 20.8 Å². The normalized spacial score (nSPS) is 14.9. The lowest BCUT2D eigenvalue weighted by molar-refractivity contribution is 0.0957. The first kappa shape index (κ1) is 16.4. The van der Waals surface area contributed by atoms with Crippen LogP contribution in [0, 0.1) is 0 Å². The van der Waals surface area contributed by atoms with Crippen LogP contribution in [-0.2, 0) is 11.3 Å².